The highest BCUT2D eigenvalue weighted by Crippen LogP contribution is 2.09. The Balaban J connectivity index is 2.67. The Morgan fingerprint density at radius 3 is 3.00 bits per heavy atom. The molecule has 11 heavy (non-hydrogen) atoms. The van der Waals surface area contributed by atoms with E-state index < -0.39 is 0 Å². The van der Waals surface area contributed by atoms with Gasteiger partial charge in [0.05, 0.1) is 6.04 Å². The van der Waals surface area contributed by atoms with Crippen LogP contribution in [0.5, 0.6) is 0 Å². The molecule has 0 bridgehead atoms. The Morgan fingerprint density at radius 1 is 1.82 bits per heavy atom. The molecular formula is C7H13N3O. The van der Waals surface area contributed by atoms with Gasteiger partial charge in [-0.25, -0.2) is 4.98 Å². The molecule has 62 valence electrons. The largest absolute Gasteiger partial charge is 0.396 e. The van der Waals surface area contributed by atoms with Crippen molar-refractivity contribution in [2.75, 3.05) is 6.61 Å². The van der Waals surface area contributed by atoms with Crippen molar-refractivity contribution < 1.29 is 5.11 Å². The first-order valence-corrected chi connectivity index (χ1v) is 3.59. The molecule has 0 saturated heterocycles. The van der Waals surface area contributed by atoms with Crippen molar-refractivity contribution >= 4 is 0 Å². The molecule has 0 aliphatic heterocycles. The number of aromatic nitrogens is 2. The number of aliphatic hydroxyl groups excluding tert-OH is 1. The predicted octanol–water partition coefficient (Wildman–Crippen LogP) is -0.198. The molecule has 1 heterocycles. The van der Waals surface area contributed by atoms with Gasteiger partial charge in [0.15, 0.2) is 0 Å². The van der Waals surface area contributed by atoms with Gasteiger partial charge in [-0.1, -0.05) is 0 Å². The van der Waals surface area contributed by atoms with Crippen LogP contribution in [0.4, 0.5) is 0 Å². The zero-order valence-electron chi connectivity index (χ0n) is 6.57. The van der Waals surface area contributed by atoms with Crippen molar-refractivity contribution in [3.8, 4) is 0 Å². The van der Waals surface area contributed by atoms with Crippen LogP contribution in [0.1, 0.15) is 18.3 Å². The molecule has 1 rings (SSSR count). The number of imidazole rings is 1. The quantitative estimate of drug-likeness (QED) is 0.635. The maximum atomic E-state index is 8.61. The molecule has 0 aliphatic carbocycles. The van der Waals surface area contributed by atoms with Crippen LogP contribution in [-0.2, 0) is 7.05 Å². The summed E-state index contributed by atoms with van der Waals surface area (Å²) in [6.07, 6.45) is 4.10. The van der Waals surface area contributed by atoms with Gasteiger partial charge in [0, 0.05) is 26.0 Å². The van der Waals surface area contributed by atoms with Gasteiger partial charge in [0.1, 0.15) is 5.82 Å². The summed E-state index contributed by atoms with van der Waals surface area (Å²) in [5.74, 6) is 0.819. The fraction of sp³-hybridized carbons (Fsp3) is 0.571. The average Bonchev–Trinajstić information content (AvgIpc) is 2.36. The van der Waals surface area contributed by atoms with E-state index in [1.807, 2.05) is 17.8 Å². The van der Waals surface area contributed by atoms with E-state index >= 15 is 0 Å². The summed E-state index contributed by atoms with van der Waals surface area (Å²) >= 11 is 0. The van der Waals surface area contributed by atoms with Gasteiger partial charge in [0.25, 0.3) is 0 Å². The molecule has 0 spiro atoms. The minimum Gasteiger partial charge on any atom is -0.396 e. The standard InChI is InChI=1S/C7H13N3O/c1-10-4-3-9-7(10)6(8)2-5-11/h3-4,6,11H,2,5,8H2,1H3/t6-/m1/s1. The van der Waals surface area contributed by atoms with E-state index in [1.54, 1.807) is 6.20 Å². The SMILES string of the molecule is Cn1ccnc1[C@H](N)CCO. The van der Waals surface area contributed by atoms with Gasteiger partial charge in [0.2, 0.25) is 0 Å². The molecule has 0 amide bonds. The summed E-state index contributed by atoms with van der Waals surface area (Å²) in [6, 6.07) is -0.153. The van der Waals surface area contributed by atoms with E-state index in [0.29, 0.717) is 6.42 Å². The van der Waals surface area contributed by atoms with Crippen LogP contribution >= 0.6 is 0 Å². The smallest absolute Gasteiger partial charge is 0.125 e. The number of aryl methyl sites for hydroxylation is 1. The Kier molecular flexibility index (Phi) is 2.62. The molecule has 0 fully saturated rings. The van der Waals surface area contributed by atoms with Gasteiger partial charge in [-0.15, -0.1) is 0 Å². The van der Waals surface area contributed by atoms with Crippen LogP contribution in [0.25, 0.3) is 0 Å². The van der Waals surface area contributed by atoms with Crippen molar-refractivity contribution in [1.29, 1.82) is 0 Å². The predicted molar refractivity (Wildman–Crippen MR) is 41.8 cm³/mol. The van der Waals surface area contributed by atoms with E-state index in [1.165, 1.54) is 0 Å². The van der Waals surface area contributed by atoms with Crippen LogP contribution in [0, 0.1) is 0 Å². The third-order valence-corrected chi connectivity index (χ3v) is 1.63. The van der Waals surface area contributed by atoms with Crippen LogP contribution in [0.3, 0.4) is 0 Å². The molecule has 4 heteroatoms. The normalized spacial score (nSPS) is 13.4. The van der Waals surface area contributed by atoms with Gasteiger partial charge >= 0.3 is 0 Å². The molecule has 1 aromatic heterocycles. The third-order valence-electron chi connectivity index (χ3n) is 1.63. The second-order valence-corrected chi connectivity index (χ2v) is 2.52. The third kappa shape index (κ3) is 1.78. The lowest BCUT2D eigenvalue weighted by atomic mass is 10.2. The van der Waals surface area contributed by atoms with E-state index in [0.717, 1.165) is 5.82 Å². The van der Waals surface area contributed by atoms with Crippen molar-refractivity contribution in [2.45, 2.75) is 12.5 Å². The van der Waals surface area contributed by atoms with Crippen LogP contribution in [0.15, 0.2) is 12.4 Å². The molecule has 0 aliphatic rings. The topological polar surface area (TPSA) is 64.1 Å². The number of rotatable bonds is 3. The lowest BCUT2D eigenvalue weighted by Gasteiger charge is -2.08. The minimum atomic E-state index is -0.153. The van der Waals surface area contributed by atoms with Crippen molar-refractivity contribution in [1.82, 2.24) is 9.55 Å². The molecule has 1 atom stereocenters. The number of aliphatic hydroxyl groups is 1. The van der Waals surface area contributed by atoms with Crippen molar-refractivity contribution in [2.24, 2.45) is 12.8 Å². The van der Waals surface area contributed by atoms with E-state index in [9.17, 15) is 0 Å². The fourth-order valence-corrected chi connectivity index (χ4v) is 1.00. The Hall–Kier alpha value is -0.870. The minimum absolute atomic E-state index is 0.105. The Bertz CT molecular complexity index is 221. The molecule has 0 unspecified atom stereocenters. The lowest BCUT2D eigenvalue weighted by molar-refractivity contribution is 0.274. The van der Waals surface area contributed by atoms with Crippen molar-refractivity contribution in [3.05, 3.63) is 18.2 Å². The number of nitrogens with zero attached hydrogens (tertiary/aromatic N) is 2. The first-order chi connectivity index (χ1) is 5.25. The maximum Gasteiger partial charge on any atom is 0.125 e. The van der Waals surface area contributed by atoms with Crippen molar-refractivity contribution in [3.63, 3.8) is 0 Å². The zero-order chi connectivity index (χ0) is 8.27. The number of hydrogen-bond acceptors (Lipinski definition) is 3. The van der Waals surface area contributed by atoms with Crippen LogP contribution in [0.2, 0.25) is 0 Å². The number of nitrogens with two attached hydrogens (primary N) is 1. The highest BCUT2D eigenvalue weighted by atomic mass is 16.3. The summed E-state index contributed by atoms with van der Waals surface area (Å²) in [7, 11) is 1.89. The highest BCUT2D eigenvalue weighted by Gasteiger charge is 2.08. The first-order valence-electron chi connectivity index (χ1n) is 3.59. The molecular weight excluding hydrogens is 142 g/mol. The summed E-state index contributed by atoms with van der Waals surface area (Å²) in [6.45, 7) is 0.105. The van der Waals surface area contributed by atoms with Gasteiger partial charge in [-0.3, -0.25) is 0 Å². The summed E-state index contributed by atoms with van der Waals surface area (Å²) < 4.78 is 1.86. The monoisotopic (exact) mass is 155 g/mol. The summed E-state index contributed by atoms with van der Waals surface area (Å²) in [5, 5.41) is 8.61. The van der Waals surface area contributed by atoms with Crippen LogP contribution in [-0.4, -0.2) is 21.3 Å². The second-order valence-electron chi connectivity index (χ2n) is 2.52. The fourth-order valence-electron chi connectivity index (χ4n) is 1.00. The van der Waals surface area contributed by atoms with E-state index in [-0.39, 0.29) is 12.6 Å². The molecule has 0 radical (unpaired) electrons. The summed E-state index contributed by atoms with van der Waals surface area (Å²) in [4.78, 5) is 4.06. The first kappa shape index (κ1) is 8.23. The molecule has 3 N–H and O–H groups in total. The van der Waals surface area contributed by atoms with Gasteiger partial charge in [-0.2, -0.15) is 0 Å². The highest BCUT2D eigenvalue weighted by molar-refractivity contribution is 4.97. The maximum absolute atomic E-state index is 8.61. The lowest BCUT2D eigenvalue weighted by Crippen LogP contribution is -2.16. The molecule has 0 saturated carbocycles. The molecule has 4 nitrogen and oxygen atoms in total. The average molecular weight is 155 g/mol. The molecule has 1 aromatic rings. The van der Waals surface area contributed by atoms with Gasteiger partial charge < -0.3 is 15.4 Å². The van der Waals surface area contributed by atoms with E-state index in [2.05, 4.69) is 4.98 Å². The Morgan fingerprint density at radius 2 is 2.55 bits per heavy atom. The van der Waals surface area contributed by atoms with E-state index in [4.69, 9.17) is 10.8 Å². The summed E-state index contributed by atoms with van der Waals surface area (Å²) in [5.41, 5.74) is 5.71. The molecule has 0 aromatic carbocycles. The number of hydrogen-bond donors (Lipinski definition) is 2. The van der Waals surface area contributed by atoms with Crippen LogP contribution < -0.4 is 5.73 Å². The van der Waals surface area contributed by atoms with Gasteiger partial charge in [-0.05, 0) is 6.42 Å². The zero-order valence-corrected chi connectivity index (χ0v) is 6.57. The second kappa shape index (κ2) is 3.50. The Labute approximate surface area is 65.7 Å².